The summed E-state index contributed by atoms with van der Waals surface area (Å²) >= 11 is 0. The molecule has 11 nitrogen and oxygen atoms in total. The number of carboxylic acid groups (broad SMARTS) is 1. The zero-order valence-corrected chi connectivity index (χ0v) is 28.2. The van der Waals surface area contributed by atoms with E-state index in [0.29, 0.717) is 6.07 Å². The average Bonchev–Trinajstić information content (AvgIpc) is 2.97. The summed E-state index contributed by atoms with van der Waals surface area (Å²) in [6.45, 7) is 6.61. The summed E-state index contributed by atoms with van der Waals surface area (Å²) in [5.74, 6) is -3.42. The normalized spacial score (nSPS) is 13.2. The number of carbonyl (C=O) groups is 2. The Hall–Kier alpha value is -4.53. The summed E-state index contributed by atoms with van der Waals surface area (Å²) in [5, 5.41) is 12.3. The number of hydrogen-bond donors (Lipinski definition) is 2. The van der Waals surface area contributed by atoms with Crippen molar-refractivity contribution in [1.29, 1.82) is 0 Å². The minimum Gasteiger partial charge on any atom is -0.481 e. The van der Waals surface area contributed by atoms with Crippen LogP contribution in [0.1, 0.15) is 66.7 Å². The fourth-order valence-electron chi connectivity index (χ4n) is 5.59. The molecule has 0 unspecified atom stereocenters. The molecule has 0 aliphatic carbocycles. The van der Waals surface area contributed by atoms with Crippen molar-refractivity contribution in [1.82, 2.24) is 23.9 Å². The van der Waals surface area contributed by atoms with E-state index in [2.05, 4.69) is 5.32 Å². The number of pyridine rings is 1. The van der Waals surface area contributed by atoms with E-state index in [1.165, 1.54) is 44.6 Å². The number of amides is 1. The number of benzene rings is 1. The van der Waals surface area contributed by atoms with Crippen molar-refractivity contribution in [3.63, 3.8) is 0 Å². The number of nitrogens with one attached hydrogen (secondary N) is 1. The standard InChI is InChI=1S/C33H41F4N5O6/c1-17(2)11-25(42-16-20(9-10-39(5)6)23(14-26(42)43)33(35,36)37)30(46)38-24(15-27(44)45)22-13-21(12-18(3)29(22)34)28-19(4)40(7)32(48)41(8)31(28)47/h12-14,16-17,24-25H,9-11,15H2,1-8H3,(H,38,46)(H,44,45)/t24-,25+/m1/s1. The maximum absolute atomic E-state index is 15.8. The van der Waals surface area contributed by atoms with Crippen molar-refractivity contribution in [2.75, 3.05) is 20.6 Å². The maximum Gasteiger partial charge on any atom is 0.416 e. The number of carbonyl (C=O) groups excluding carboxylic acids is 1. The second-order valence-electron chi connectivity index (χ2n) is 12.7. The first-order valence-corrected chi connectivity index (χ1v) is 15.2. The van der Waals surface area contributed by atoms with Gasteiger partial charge < -0.3 is 24.5 Å². The minimum absolute atomic E-state index is 0.0150. The Morgan fingerprint density at radius 2 is 1.65 bits per heavy atom. The summed E-state index contributed by atoms with van der Waals surface area (Å²) in [4.78, 5) is 66.3. The van der Waals surface area contributed by atoms with Gasteiger partial charge in [-0.1, -0.05) is 13.8 Å². The van der Waals surface area contributed by atoms with Gasteiger partial charge in [0.2, 0.25) is 5.91 Å². The van der Waals surface area contributed by atoms with Crippen LogP contribution in [0.5, 0.6) is 0 Å². The quantitative estimate of drug-likeness (QED) is 0.279. The van der Waals surface area contributed by atoms with Crippen molar-refractivity contribution in [2.24, 2.45) is 20.0 Å². The molecule has 1 aromatic carbocycles. The zero-order valence-electron chi connectivity index (χ0n) is 28.2. The zero-order chi connectivity index (χ0) is 36.4. The van der Waals surface area contributed by atoms with E-state index in [1.54, 1.807) is 32.8 Å². The van der Waals surface area contributed by atoms with Crippen LogP contribution >= 0.6 is 0 Å². The van der Waals surface area contributed by atoms with Crippen LogP contribution in [0, 0.1) is 25.6 Å². The highest BCUT2D eigenvalue weighted by Gasteiger charge is 2.36. The molecular formula is C33H41F4N5O6. The molecule has 0 radical (unpaired) electrons. The van der Waals surface area contributed by atoms with E-state index in [-0.39, 0.29) is 58.8 Å². The highest BCUT2D eigenvalue weighted by molar-refractivity contribution is 5.82. The lowest BCUT2D eigenvalue weighted by atomic mass is 9.93. The minimum atomic E-state index is -4.83. The SMILES string of the molecule is Cc1cc(-c2c(C)n(C)c(=O)n(C)c2=O)cc([C@@H](CC(=O)O)NC(=O)[C@H](CC(C)C)n2cc(CCN(C)C)c(C(F)(F)F)cc2=O)c1F. The molecule has 0 aliphatic rings. The number of carboxylic acids is 1. The predicted octanol–water partition coefficient (Wildman–Crippen LogP) is 3.71. The molecule has 0 saturated carbocycles. The molecule has 3 aromatic rings. The van der Waals surface area contributed by atoms with Crippen molar-refractivity contribution < 1.29 is 32.3 Å². The van der Waals surface area contributed by atoms with Crippen LogP contribution in [0.15, 0.2) is 38.8 Å². The first-order valence-electron chi connectivity index (χ1n) is 15.2. The highest BCUT2D eigenvalue weighted by Crippen LogP contribution is 2.33. The van der Waals surface area contributed by atoms with E-state index in [9.17, 15) is 42.3 Å². The monoisotopic (exact) mass is 679 g/mol. The van der Waals surface area contributed by atoms with Crippen molar-refractivity contribution in [3.8, 4) is 11.1 Å². The molecule has 0 spiro atoms. The number of aliphatic carboxylic acids is 1. The third kappa shape index (κ3) is 8.30. The van der Waals surface area contributed by atoms with Crippen molar-refractivity contribution in [2.45, 2.75) is 65.2 Å². The molecule has 2 aromatic heterocycles. The molecule has 3 rings (SSSR count). The highest BCUT2D eigenvalue weighted by atomic mass is 19.4. The Balaban J connectivity index is 2.20. The van der Waals surface area contributed by atoms with Gasteiger partial charge in [-0.05, 0) is 75.5 Å². The van der Waals surface area contributed by atoms with Crippen LogP contribution in [0.25, 0.3) is 11.1 Å². The van der Waals surface area contributed by atoms with E-state index >= 15 is 4.39 Å². The number of nitrogens with zero attached hydrogens (tertiary/aromatic N) is 4. The van der Waals surface area contributed by atoms with Gasteiger partial charge in [0.15, 0.2) is 0 Å². The van der Waals surface area contributed by atoms with Crippen LogP contribution in [0.4, 0.5) is 17.6 Å². The van der Waals surface area contributed by atoms with E-state index < -0.39 is 64.7 Å². The molecule has 0 aliphatic heterocycles. The smallest absolute Gasteiger partial charge is 0.416 e. The molecule has 262 valence electrons. The van der Waals surface area contributed by atoms with E-state index in [0.717, 1.165) is 15.3 Å². The summed E-state index contributed by atoms with van der Waals surface area (Å²) in [6, 6.07) is 0.151. The van der Waals surface area contributed by atoms with Gasteiger partial charge in [-0.15, -0.1) is 0 Å². The van der Waals surface area contributed by atoms with Crippen LogP contribution in [0.2, 0.25) is 0 Å². The lowest BCUT2D eigenvalue weighted by Gasteiger charge is -2.27. The lowest BCUT2D eigenvalue weighted by Crippen LogP contribution is -2.41. The van der Waals surface area contributed by atoms with Gasteiger partial charge in [-0.2, -0.15) is 13.2 Å². The second kappa shape index (κ2) is 14.7. The van der Waals surface area contributed by atoms with Crippen molar-refractivity contribution >= 4 is 11.9 Å². The first-order chi connectivity index (χ1) is 22.1. The van der Waals surface area contributed by atoms with Crippen LogP contribution in [-0.4, -0.2) is 56.2 Å². The number of halogens is 4. The average molecular weight is 680 g/mol. The summed E-state index contributed by atoms with van der Waals surface area (Å²) in [6.07, 6.45) is -4.72. The largest absolute Gasteiger partial charge is 0.481 e. The molecule has 1 amide bonds. The number of hydrogen-bond acceptors (Lipinski definition) is 6. The number of aromatic nitrogens is 3. The number of rotatable bonds is 12. The van der Waals surface area contributed by atoms with Crippen LogP contribution < -0.4 is 22.1 Å². The third-order valence-corrected chi connectivity index (χ3v) is 8.23. The fraction of sp³-hybridized carbons (Fsp3) is 0.485. The Morgan fingerprint density at radius 3 is 2.19 bits per heavy atom. The van der Waals surface area contributed by atoms with Gasteiger partial charge in [0.05, 0.1) is 23.6 Å². The molecule has 48 heavy (non-hydrogen) atoms. The van der Waals surface area contributed by atoms with Gasteiger partial charge in [-0.25, -0.2) is 9.18 Å². The number of aryl methyl sites for hydroxylation is 1. The molecule has 15 heteroatoms. The molecule has 0 bridgehead atoms. The topological polar surface area (TPSA) is 136 Å². The molecule has 0 saturated heterocycles. The van der Waals surface area contributed by atoms with Gasteiger partial charge >= 0.3 is 17.8 Å². The van der Waals surface area contributed by atoms with Crippen molar-refractivity contribution in [3.05, 3.63) is 89.4 Å². The molecular weight excluding hydrogens is 638 g/mol. The summed E-state index contributed by atoms with van der Waals surface area (Å²) in [7, 11) is 6.08. The van der Waals surface area contributed by atoms with E-state index in [4.69, 9.17) is 0 Å². The maximum atomic E-state index is 15.8. The Kier molecular flexibility index (Phi) is 11.6. The summed E-state index contributed by atoms with van der Waals surface area (Å²) < 4.78 is 60.5. The Labute approximate surface area is 274 Å². The second-order valence-corrected chi connectivity index (χ2v) is 12.7. The Bertz CT molecular complexity index is 1890. The van der Waals surface area contributed by atoms with Gasteiger partial charge in [0, 0.05) is 44.2 Å². The fourth-order valence-corrected chi connectivity index (χ4v) is 5.59. The summed E-state index contributed by atoms with van der Waals surface area (Å²) in [5.41, 5.74) is -3.42. The predicted molar refractivity (Wildman–Crippen MR) is 171 cm³/mol. The first kappa shape index (κ1) is 37.9. The van der Waals surface area contributed by atoms with Gasteiger partial charge in [0.25, 0.3) is 11.1 Å². The number of likely N-dealkylation sites (N-methyl/N-ethyl adjacent to an activating group) is 1. The van der Waals surface area contributed by atoms with Crippen LogP contribution in [0.3, 0.4) is 0 Å². The molecule has 2 atom stereocenters. The lowest BCUT2D eigenvalue weighted by molar-refractivity contribution is -0.139. The molecule has 0 fully saturated rings. The number of alkyl halides is 3. The third-order valence-electron chi connectivity index (χ3n) is 8.23. The Morgan fingerprint density at radius 1 is 1.02 bits per heavy atom. The molecule has 2 heterocycles. The van der Waals surface area contributed by atoms with Gasteiger partial charge in [-0.3, -0.25) is 23.7 Å². The van der Waals surface area contributed by atoms with Crippen LogP contribution in [-0.2, 0) is 36.3 Å². The molecule has 2 N–H and O–H groups in total. The van der Waals surface area contributed by atoms with Gasteiger partial charge in [0.1, 0.15) is 11.9 Å². The van der Waals surface area contributed by atoms with E-state index in [1.807, 2.05) is 0 Å².